The van der Waals surface area contributed by atoms with Gasteiger partial charge in [0.2, 0.25) is 5.91 Å². The van der Waals surface area contributed by atoms with Gasteiger partial charge < -0.3 is 10.2 Å². The van der Waals surface area contributed by atoms with Gasteiger partial charge in [-0.05, 0) is 37.8 Å². The van der Waals surface area contributed by atoms with Crippen LogP contribution in [0.3, 0.4) is 0 Å². The van der Waals surface area contributed by atoms with E-state index >= 15 is 0 Å². The van der Waals surface area contributed by atoms with Crippen molar-refractivity contribution in [3.63, 3.8) is 0 Å². The van der Waals surface area contributed by atoms with Gasteiger partial charge in [0.25, 0.3) is 5.91 Å². The first kappa shape index (κ1) is 17.1. The first-order valence-electron chi connectivity index (χ1n) is 9.12. The second kappa shape index (κ2) is 7.53. The number of thiazole rings is 1. The van der Waals surface area contributed by atoms with Crippen LogP contribution in [0.4, 0.5) is 0 Å². The fourth-order valence-electron chi connectivity index (χ4n) is 3.55. The van der Waals surface area contributed by atoms with Crippen molar-refractivity contribution in [3.05, 3.63) is 46.7 Å². The van der Waals surface area contributed by atoms with E-state index in [4.69, 9.17) is 0 Å². The highest BCUT2D eigenvalue weighted by Crippen LogP contribution is 2.35. The first-order valence-corrected chi connectivity index (χ1v) is 10.0. The fourth-order valence-corrected chi connectivity index (χ4v) is 4.33. The Hall–Kier alpha value is -2.28. The predicted molar refractivity (Wildman–Crippen MR) is 98.6 cm³/mol. The third-order valence-electron chi connectivity index (χ3n) is 5.07. The van der Waals surface area contributed by atoms with E-state index < -0.39 is 0 Å². The molecule has 3 heterocycles. The molecule has 6 nitrogen and oxygen atoms in total. The van der Waals surface area contributed by atoms with Gasteiger partial charge in [0, 0.05) is 42.7 Å². The van der Waals surface area contributed by atoms with Crippen LogP contribution in [0.1, 0.15) is 47.2 Å². The number of amides is 2. The number of hydrogen-bond acceptors (Lipinski definition) is 5. The van der Waals surface area contributed by atoms with Gasteiger partial charge in [0.15, 0.2) is 0 Å². The predicted octanol–water partition coefficient (Wildman–Crippen LogP) is 2.66. The average molecular weight is 370 g/mol. The van der Waals surface area contributed by atoms with Crippen molar-refractivity contribution in [1.29, 1.82) is 0 Å². The molecule has 2 fully saturated rings. The Bertz CT molecular complexity index is 761. The van der Waals surface area contributed by atoms with Crippen LogP contribution >= 0.6 is 11.3 Å². The summed E-state index contributed by atoms with van der Waals surface area (Å²) in [6.07, 6.45) is 7.35. The molecule has 1 saturated heterocycles. The second-order valence-electron chi connectivity index (χ2n) is 7.00. The van der Waals surface area contributed by atoms with E-state index in [-0.39, 0.29) is 29.7 Å². The Morgan fingerprint density at radius 1 is 1.19 bits per heavy atom. The molecule has 0 aromatic carbocycles. The molecule has 0 spiro atoms. The van der Waals surface area contributed by atoms with Crippen LogP contribution in [0, 0.1) is 11.8 Å². The van der Waals surface area contributed by atoms with Crippen LogP contribution in [0.25, 0.3) is 0 Å². The Labute approximate surface area is 156 Å². The molecule has 4 rings (SSSR count). The molecule has 2 aromatic heterocycles. The zero-order valence-electron chi connectivity index (χ0n) is 14.5. The third-order valence-corrected chi connectivity index (χ3v) is 5.93. The molecular weight excluding hydrogens is 348 g/mol. The normalized spacial score (nSPS) is 21.2. The SMILES string of the molecule is O=C(N[C@H](c1nccs1)[C@H]1CCCN(C(=O)C2CC2)C1)c1ccccn1. The van der Waals surface area contributed by atoms with Crippen LogP contribution in [-0.4, -0.2) is 39.8 Å². The summed E-state index contributed by atoms with van der Waals surface area (Å²) < 4.78 is 0. The van der Waals surface area contributed by atoms with Crippen molar-refractivity contribution in [2.45, 2.75) is 31.7 Å². The summed E-state index contributed by atoms with van der Waals surface area (Å²) >= 11 is 1.54. The molecule has 1 saturated carbocycles. The number of pyridine rings is 1. The van der Waals surface area contributed by atoms with E-state index in [0.29, 0.717) is 12.2 Å². The summed E-state index contributed by atoms with van der Waals surface area (Å²) in [7, 11) is 0. The lowest BCUT2D eigenvalue weighted by molar-refractivity contribution is -0.134. The molecule has 0 radical (unpaired) electrons. The second-order valence-corrected chi connectivity index (χ2v) is 7.92. The summed E-state index contributed by atoms with van der Waals surface area (Å²) in [6, 6.07) is 5.10. The zero-order valence-corrected chi connectivity index (χ0v) is 15.3. The molecule has 7 heteroatoms. The van der Waals surface area contributed by atoms with Crippen molar-refractivity contribution >= 4 is 23.2 Å². The molecule has 26 heavy (non-hydrogen) atoms. The molecule has 2 atom stereocenters. The van der Waals surface area contributed by atoms with E-state index in [1.165, 1.54) is 0 Å². The topological polar surface area (TPSA) is 75.2 Å². The van der Waals surface area contributed by atoms with Crippen LogP contribution in [0.5, 0.6) is 0 Å². The van der Waals surface area contributed by atoms with Crippen molar-refractivity contribution in [3.8, 4) is 0 Å². The van der Waals surface area contributed by atoms with Crippen molar-refractivity contribution in [2.24, 2.45) is 11.8 Å². The quantitative estimate of drug-likeness (QED) is 0.878. The molecule has 2 aliphatic rings. The summed E-state index contributed by atoms with van der Waals surface area (Å²) in [6.45, 7) is 1.51. The van der Waals surface area contributed by atoms with Gasteiger partial charge in [0.05, 0.1) is 6.04 Å². The summed E-state index contributed by atoms with van der Waals surface area (Å²) in [5.74, 6) is 0.487. The smallest absolute Gasteiger partial charge is 0.270 e. The molecule has 0 unspecified atom stereocenters. The van der Waals surface area contributed by atoms with E-state index in [2.05, 4.69) is 15.3 Å². The standard InChI is InChI=1S/C19H22N4O2S/c24-17(15-5-1-2-8-20-15)22-16(18-21-9-11-26-18)14-4-3-10-23(12-14)19(25)13-6-7-13/h1-2,5,8-9,11,13-14,16H,3-4,6-7,10,12H2,(H,22,24)/t14-,16-/m0/s1. The Morgan fingerprint density at radius 3 is 2.77 bits per heavy atom. The number of likely N-dealkylation sites (tertiary alicyclic amines) is 1. The van der Waals surface area contributed by atoms with Gasteiger partial charge in [-0.3, -0.25) is 14.6 Å². The molecular formula is C19H22N4O2S. The van der Waals surface area contributed by atoms with E-state index in [1.54, 1.807) is 41.9 Å². The maximum absolute atomic E-state index is 12.6. The number of piperidine rings is 1. The van der Waals surface area contributed by atoms with Gasteiger partial charge in [0.1, 0.15) is 10.7 Å². The number of carbonyl (C=O) groups is 2. The lowest BCUT2D eigenvalue weighted by atomic mass is 9.90. The number of rotatable bonds is 5. The van der Waals surface area contributed by atoms with Gasteiger partial charge in [-0.15, -0.1) is 11.3 Å². The van der Waals surface area contributed by atoms with Gasteiger partial charge in [-0.1, -0.05) is 6.07 Å². The highest BCUT2D eigenvalue weighted by molar-refractivity contribution is 7.09. The van der Waals surface area contributed by atoms with Crippen LogP contribution in [0.15, 0.2) is 36.0 Å². The molecule has 1 aliphatic heterocycles. The molecule has 2 aromatic rings. The third kappa shape index (κ3) is 3.77. The Balaban J connectivity index is 1.51. The molecule has 2 amide bonds. The summed E-state index contributed by atoms with van der Waals surface area (Å²) in [5.41, 5.74) is 0.399. The van der Waals surface area contributed by atoms with Gasteiger partial charge in [-0.25, -0.2) is 4.98 Å². The average Bonchev–Trinajstić information content (AvgIpc) is 3.41. The lowest BCUT2D eigenvalue weighted by Crippen LogP contribution is -2.45. The Kier molecular flexibility index (Phi) is 4.97. The van der Waals surface area contributed by atoms with Crippen molar-refractivity contribution < 1.29 is 9.59 Å². The van der Waals surface area contributed by atoms with Crippen LogP contribution in [-0.2, 0) is 4.79 Å². The minimum absolute atomic E-state index is 0.172. The van der Waals surface area contributed by atoms with Gasteiger partial charge >= 0.3 is 0 Å². The van der Waals surface area contributed by atoms with Crippen LogP contribution < -0.4 is 5.32 Å². The number of hydrogen-bond donors (Lipinski definition) is 1. The lowest BCUT2D eigenvalue weighted by Gasteiger charge is -2.36. The highest BCUT2D eigenvalue weighted by Gasteiger charge is 2.38. The largest absolute Gasteiger partial charge is 0.342 e. The van der Waals surface area contributed by atoms with Gasteiger partial charge in [-0.2, -0.15) is 0 Å². The Morgan fingerprint density at radius 2 is 2.08 bits per heavy atom. The van der Waals surface area contributed by atoms with Crippen molar-refractivity contribution in [1.82, 2.24) is 20.2 Å². The number of carbonyl (C=O) groups excluding carboxylic acids is 2. The fraction of sp³-hybridized carbons (Fsp3) is 0.474. The monoisotopic (exact) mass is 370 g/mol. The zero-order chi connectivity index (χ0) is 17.9. The molecule has 136 valence electrons. The first-order chi connectivity index (χ1) is 12.7. The minimum atomic E-state index is -0.198. The number of nitrogens with one attached hydrogen (secondary N) is 1. The maximum Gasteiger partial charge on any atom is 0.270 e. The number of aromatic nitrogens is 2. The molecule has 1 N–H and O–H groups in total. The van der Waals surface area contributed by atoms with E-state index in [0.717, 1.165) is 37.2 Å². The molecule has 0 bridgehead atoms. The summed E-state index contributed by atoms with van der Waals surface area (Å²) in [4.78, 5) is 35.7. The van der Waals surface area contributed by atoms with Crippen molar-refractivity contribution in [2.75, 3.05) is 13.1 Å². The maximum atomic E-state index is 12.6. The van der Waals surface area contributed by atoms with Crippen LogP contribution in [0.2, 0.25) is 0 Å². The van der Waals surface area contributed by atoms with E-state index in [1.807, 2.05) is 10.3 Å². The number of nitrogens with zero attached hydrogens (tertiary/aromatic N) is 3. The van der Waals surface area contributed by atoms with E-state index in [9.17, 15) is 9.59 Å². The minimum Gasteiger partial charge on any atom is -0.342 e. The highest BCUT2D eigenvalue weighted by atomic mass is 32.1. The summed E-state index contributed by atoms with van der Waals surface area (Å²) in [5, 5.41) is 5.93. The molecule has 1 aliphatic carbocycles.